The second kappa shape index (κ2) is 5.77. The van der Waals surface area contributed by atoms with E-state index < -0.39 is 29.4 Å². The number of hydrazine groups is 1. The molecule has 1 aliphatic rings. The average molecular weight is 282 g/mol. The van der Waals surface area contributed by atoms with Crippen LogP contribution in [-0.2, 0) is 20.8 Å². The van der Waals surface area contributed by atoms with Gasteiger partial charge in [-0.05, 0) is 18.1 Å². The number of piperidine rings is 1. The van der Waals surface area contributed by atoms with Crippen molar-refractivity contribution in [3.05, 3.63) is 35.4 Å². The van der Waals surface area contributed by atoms with Crippen molar-refractivity contribution in [1.82, 2.24) is 10.4 Å². The minimum atomic E-state index is -0.851. The molecule has 1 heterocycles. The quantitative estimate of drug-likeness (QED) is 0.844. The maximum atomic E-state index is 13.4. The molecule has 0 bridgehead atoms. The number of imide groups is 1. The van der Waals surface area contributed by atoms with Crippen LogP contribution in [0.25, 0.3) is 0 Å². The van der Waals surface area contributed by atoms with E-state index in [-0.39, 0.29) is 24.8 Å². The summed E-state index contributed by atoms with van der Waals surface area (Å²) in [6, 6.07) is 2.84. The number of amides is 3. The molecule has 1 N–H and O–H groups in total. The highest BCUT2D eigenvalue weighted by molar-refractivity contribution is 5.99. The maximum absolute atomic E-state index is 13.4. The van der Waals surface area contributed by atoms with E-state index in [9.17, 15) is 23.2 Å². The van der Waals surface area contributed by atoms with Crippen LogP contribution in [0.3, 0.4) is 0 Å². The molecular weight excluding hydrogens is 270 g/mol. The Bertz CT molecular complexity index is 559. The number of hydrogen-bond acceptors (Lipinski definition) is 3. The Kier molecular flexibility index (Phi) is 4.07. The van der Waals surface area contributed by atoms with Crippen LogP contribution in [0.15, 0.2) is 18.2 Å². The predicted molar refractivity (Wildman–Crippen MR) is 63.9 cm³/mol. The van der Waals surface area contributed by atoms with Crippen molar-refractivity contribution in [2.45, 2.75) is 25.7 Å². The van der Waals surface area contributed by atoms with E-state index in [4.69, 9.17) is 0 Å². The lowest BCUT2D eigenvalue weighted by Crippen LogP contribution is -2.52. The van der Waals surface area contributed by atoms with Crippen molar-refractivity contribution in [3.63, 3.8) is 0 Å². The Labute approximate surface area is 113 Å². The Balaban J connectivity index is 2.01. The van der Waals surface area contributed by atoms with Gasteiger partial charge in [-0.25, -0.2) is 8.78 Å². The van der Waals surface area contributed by atoms with Gasteiger partial charge in [0, 0.05) is 18.9 Å². The number of rotatable bonds is 3. The Morgan fingerprint density at radius 3 is 2.45 bits per heavy atom. The SMILES string of the molecule is O=C(Cc1ccc(F)cc1F)NN1C(=O)CCCC1=O. The van der Waals surface area contributed by atoms with E-state index >= 15 is 0 Å². The smallest absolute Gasteiger partial charge is 0.248 e. The van der Waals surface area contributed by atoms with Crippen molar-refractivity contribution < 1.29 is 23.2 Å². The first-order valence-electron chi connectivity index (χ1n) is 6.06. The van der Waals surface area contributed by atoms with Crippen LogP contribution in [0, 0.1) is 11.6 Å². The molecule has 0 spiro atoms. The highest BCUT2D eigenvalue weighted by Gasteiger charge is 2.27. The lowest BCUT2D eigenvalue weighted by molar-refractivity contribution is -0.156. The number of nitrogens with one attached hydrogen (secondary N) is 1. The van der Waals surface area contributed by atoms with Crippen LogP contribution in [0.2, 0.25) is 0 Å². The first kappa shape index (κ1) is 14.1. The molecule has 106 valence electrons. The van der Waals surface area contributed by atoms with E-state index in [1.54, 1.807) is 0 Å². The molecule has 20 heavy (non-hydrogen) atoms. The summed E-state index contributed by atoms with van der Waals surface area (Å²) in [4.78, 5) is 34.6. The maximum Gasteiger partial charge on any atom is 0.248 e. The van der Waals surface area contributed by atoms with Gasteiger partial charge in [-0.15, -0.1) is 0 Å². The monoisotopic (exact) mass is 282 g/mol. The van der Waals surface area contributed by atoms with Crippen LogP contribution >= 0.6 is 0 Å². The number of carbonyl (C=O) groups is 3. The van der Waals surface area contributed by atoms with Crippen molar-refractivity contribution >= 4 is 17.7 Å². The third-order valence-corrected chi connectivity index (χ3v) is 2.88. The van der Waals surface area contributed by atoms with Crippen LogP contribution < -0.4 is 5.43 Å². The van der Waals surface area contributed by atoms with Crippen LogP contribution in [0.4, 0.5) is 8.78 Å². The number of benzene rings is 1. The minimum Gasteiger partial charge on any atom is -0.273 e. The zero-order valence-corrected chi connectivity index (χ0v) is 10.5. The van der Waals surface area contributed by atoms with Crippen LogP contribution in [-0.4, -0.2) is 22.7 Å². The summed E-state index contributed by atoms with van der Waals surface area (Å²) < 4.78 is 26.1. The fraction of sp³-hybridized carbons (Fsp3) is 0.308. The molecule has 2 rings (SSSR count). The molecule has 0 aromatic heterocycles. The van der Waals surface area contributed by atoms with Crippen molar-refractivity contribution in [2.75, 3.05) is 0 Å². The molecule has 1 aromatic rings. The highest BCUT2D eigenvalue weighted by atomic mass is 19.1. The molecule has 5 nitrogen and oxygen atoms in total. The van der Waals surface area contributed by atoms with E-state index in [0.717, 1.165) is 12.1 Å². The summed E-state index contributed by atoms with van der Waals surface area (Å²) in [5.74, 6) is -3.29. The molecule has 1 aliphatic heterocycles. The number of hydrogen-bond donors (Lipinski definition) is 1. The van der Waals surface area contributed by atoms with Gasteiger partial charge in [-0.3, -0.25) is 19.8 Å². The Morgan fingerprint density at radius 2 is 1.85 bits per heavy atom. The van der Waals surface area contributed by atoms with E-state index in [1.807, 2.05) is 0 Å². The summed E-state index contributed by atoms with van der Waals surface area (Å²) in [6.07, 6.45) is 0.424. The number of halogens is 2. The predicted octanol–water partition coefficient (Wildman–Crippen LogP) is 1.08. The average Bonchev–Trinajstić information content (AvgIpc) is 2.37. The van der Waals surface area contributed by atoms with Crippen LogP contribution in [0.5, 0.6) is 0 Å². The standard InChI is InChI=1S/C13H12F2N2O3/c14-9-5-4-8(10(15)7-9)6-11(18)16-17-12(19)2-1-3-13(17)20/h4-5,7H,1-3,6H2,(H,16,18). The molecule has 0 atom stereocenters. The van der Waals surface area contributed by atoms with E-state index in [0.29, 0.717) is 17.5 Å². The van der Waals surface area contributed by atoms with Gasteiger partial charge in [0.25, 0.3) is 0 Å². The Morgan fingerprint density at radius 1 is 1.20 bits per heavy atom. The molecule has 3 amide bonds. The van der Waals surface area contributed by atoms with Crippen molar-refractivity contribution in [2.24, 2.45) is 0 Å². The molecule has 1 fully saturated rings. The van der Waals surface area contributed by atoms with Crippen molar-refractivity contribution in [3.8, 4) is 0 Å². The van der Waals surface area contributed by atoms with Gasteiger partial charge in [-0.2, -0.15) is 5.01 Å². The summed E-state index contributed by atoms with van der Waals surface area (Å²) in [6.45, 7) is 0. The van der Waals surface area contributed by atoms with E-state index in [1.165, 1.54) is 0 Å². The Hall–Kier alpha value is -2.31. The third-order valence-electron chi connectivity index (χ3n) is 2.88. The molecule has 0 unspecified atom stereocenters. The molecule has 1 aromatic carbocycles. The topological polar surface area (TPSA) is 66.5 Å². The molecule has 0 saturated carbocycles. The number of carbonyl (C=O) groups excluding carboxylic acids is 3. The van der Waals surface area contributed by atoms with Gasteiger partial charge in [-0.1, -0.05) is 6.07 Å². The molecule has 7 heteroatoms. The lowest BCUT2D eigenvalue weighted by atomic mass is 10.1. The first-order valence-corrected chi connectivity index (χ1v) is 6.06. The fourth-order valence-corrected chi connectivity index (χ4v) is 1.88. The van der Waals surface area contributed by atoms with Gasteiger partial charge in [0.05, 0.1) is 6.42 Å². The fourth-order valence-electron chi connectivity index (χ4n) is 1.88. The summed E-state index contributed by atoms with van der Waals surface area (Å²) >= 11 is 0. The molecule has 1 saturated heterocycles. The van der Waals surface area contributed by atoms with Gasteiger partial charge < -0.3 is 0 Å². The molecule has 0 radical (unpaired) electrons. The summed E-state index contributed by atoms with van der Waals surface area (Å²) in [5.41, 5.74) is 2.13. The zero-order valence-electron chi connectivity index (χ0n) is 10.5. The van der Waals surface area contributed by atoms with E-state index in [2.05, 4.69) is 5.43 Å². The summed E-state index contributed by atoms with van der Waals surface area (Å²) in [7, 11) is 0. The van der Waals surface area contributed by atoms with Crippen molar-refractivity contribution in [1.29, 1.82) is 0 Å². The highest BCUT2D eigenvalue weighted by Crippen LogP contribution is 2.12. The second-order valence-corrected chi connectivity index (χ2v) is 4.42. The minimum absolute atomic E-state index is 0.0131. The summed E-state index contributed by atoms with van der Waals surface area (Å²) in [5, 5.41) is 0.660. The largest absolute Gasteiger partial charge is 0.273 e. The van der Waals surface area contributed by atoms with Gasteiger partial charge in [0.2, 0.25) is 17.7 Å². The lowest BCUT2D eigenvalue weighted by Gasteiger charge is -2.24. The first-order chi connectivity index (χ1) is 9.47. The molecule has 0 aliphatic carbocycles. The zero-order chi connectivity index (χ0) is 14.7. The van der Waals surface area contributed by atoms with Gasteiger partial charge in [0.15, 0.2) is 0 Å². The third kappa shape index (κ3) is 3.17. The van der Waals surface area contributed by atoms with Gasteiger partial charge in [0.1, 0.15) is 11.6 Å². The van der Waals surface area contributed by atoms with Gasteiger partial charge >= 0.3 is 0 Å². The number of nitrogens with zero attached hydrogens (tertiary/aromatic N) is 1. The second-order valence-electron chi connectivity index (χ2n) is 4.42. The molecular formula is C13H12F2N2O3. The van der Waals surface area contributed by atoms with Crippen LogP contribution in [0.1, 0.15) is 24.8 Å². The normalized spacial score (nSPS) is 15.4.